The van der Waals surface area contributed by atoms with Gasteiger partial charge in [0.2, 0.25) is 5.91 Å². The van der Waals surface area contributed by atoms with Crippen LogP contribution in [0.2, 0.25) is 0 Å². The lowest BCUT2D eigenvalue weighted by molar-refractivity contribution is -0.111. The van der Waals surface area contributed by atoms with E-state index in [4.69, 9.17) is 5.10 Å². The van der Waals surface area contributed by atoms with Crippen molar-refractivity contribution < 1.29 is 4.79 Å². The fourth-order valence-electron chi connectivity index (χ4n) is 3.45. The first-order chi connectivity index (χ1) is 16.7. The normalized spacial score (nSPS) is 11.1. The number of amides is 1. The Morgan fingerprint density at radius 2 is 1.82 bits per heavy atom. The van der Waals surface area contributed by atoms with Gasteiger partial charge in [-0.15, -0.1) is 11.3 Å². The summed E-state index contributed by atoms with van der Waals surface area (Å²) in [7, 11) is 0. The molecule has 0 atom stereocenters. The molecule has 166 valence electrons. The van der Waals surface area contributed by atoms with Crippen molar-refractivity contribution in [2.45, 2.75) is 6.92 Å². The van der Waals surface area contributed by atoms with Gasteiger partial charge in [0.15, 0.2) is 5.13 Å². The number of aromatic nitrogens is 4. The second kappa shape index (κ2) is 9.64. The van der Waals surface area contributed by atoms with Crippen LogP contribution in [-0.4, -0.2) is 25.7 Å². The van der Waals surface area contributed by atoms with Crippen LogP contribution >= 0.6 is 11.3 Å². The van der Waals surface area contributed by atoms with E-state index < -0.39 is 0 Å². The van der Waals surface area contributed by atoms with Crippen molar-refractivity contribution in [1.29, 1.82) is 0 Å². The second-order valence-corrected chi connectivity index (χ2v) is 8.54. The molecule has 0 aliphatic rings. The Hall–Kier alpha value is -4.36. The van der Waals surface area contributed by atoms with Crippen LogP contribution in [0.3, 0.4) is 0 Å². The molecule has 0 aliphatic heterocycles. The van der Waals surface area contributed by atoms with Crippen molar-refractivity contribution in [3.8, 4) is 28.2 Å². The second-order valence-electron chi connectivity index (χ2n) is 7.68. The Morgan fingerprint density at radius 1 is 1.00 bits per heavy atom. The van der Waals surface area contributed by atoms with Gasteiger partial charge in [0.05, 0.1) is 11.4 Å². The minimum Gasteiger partial charge on any atom is -0.298 e. The van der Waals surface area contributed by atoms with Gasteiger partial charge in [-0.1, -0.05) is 48.0 Å². The van der Waals surface area contributed by atoms with E-state index in [1.165, 1.54) is 23.0 Å². The predicted molar refractivity (Wildman–Crippen MR) is 137 cm³/mol. The fourth-order valence-corrected chi connectivity index (χ4v) is 4.17. The molecular weight excluding hydrogens is 442 g/mol. The zero-order chi connectivity index (χ0) is 23.3. The van der Waals surface area contributed by atoms with E-state index in [-0.39, 0.29) is 5.91 Å². The van der Waals surface area contributed by atoms with Crippen molar-refractivity contribution in [3.63, 3.8) is 0 Å². The van der Waals surface area contributed by atoms with Gasteiger partial charge in [-0.2, -0.15) is 5.10 Å². The lowest BCUT2D eigenvalue weighted by Crippen LogP contribution is -2.07. The average molecular weight is 464 g/mol. The van der Waals surface area contributed by atoms with Gasteiger partial charge in [-0.3, -0.25) is 15.1 Å². The molecular formula is C27H21N5OS. The summed E-state index contributed by atoms with van der Waals surface area (Å²) in [4.78, 5) is 21.4. The number of hydrogen-bond acceptors (Lipinski definition) is 5. The van der Waals surface area contributed by atoms with Crippen LogP contribution in [0.1, 0.15) is 11.1 Å². The Labute approximate surface area is 201 Å². The number of carbonyl (C=O) groups excluding carboxylic acids is 1. The molecule has 34 heavy (non-hydrogen) atoms. The number of thiazole rings is 1. The van der Waals surface area contributed by atoms with E-state index in [2.05, 4.69) is 15.3 Å². The monoisotopic (exact) mass is 463 g/mol. The Morgan fingerprint density at radius 3 is 2.59 bits per heavy atom. The summed E-state index contributed by atoms with van der Waals surface area (Å²) >= 11 is 1.40. The van der Waals surface area contributed by atoms with E-state index in [0.29, 0.717) is 5.13 Å². The molecule has 0 saturated heterocycles. The molecule has 3 heterocycles. The van der Waals surface area contributed by atoms with E-state index >= 15 is 0 Å². The molecule has 0 aliphatic carbocycles. The Kier molecular flexibility index (Phi) is 6.09. The van der Waals surface area contributed by atoms with Crippen molar-refractivity contribution in [3.05, 3.63) is 108 Å². The van der Waals surface area contributed by atoms with Crippen molar-refractivity contribution in [1.82, 2.24) is 19.7 Å². The fraction of sp³-hybridized carbons (Fsp3) is 0.0370. The van der Waals surface area contributed by atoms with Crippen LogP contribution in [0.5, 0.6) is 0 Å². The lowest BCUT2D eigenvalue weighted by atomic mass is 10.1. The number of anilines is 1. The van der Waals surface area contributed by atoms with Crippen LogP contribution in [-0.2, 0) is 4.79 Å². The summed E-state index contributed by atoms with van der Waals surface area (Å²) in [5, 5.41) is 10.1. The van der Waals surface area contributed by atoms with Crippen LogP contribution in [0, 0.1) is 6.92 Å². The third kappa shape index (κ3) is 4.84. The highest BCUT2D eigenvalue weighted by molar-refractivity contribution is 7.14. The van der Waals surface area contributed by atoms with Crippen molar-refractivity contribution in [2.24, 2.45) is 0 Å². The molecule has 0 fully saturated rings. The van der Waals surface area contributed by atoms with Crippen LogP contribution in [0.25, 0.3) is 34.3 Å². The van der Waals surface area contributed by atoms with Gasteiger partial charge in [-0.25, -0.2) is 9.67 Å². The molecule has 0 saturated carbocycles. The zero-order valence-corrected chi connectivity index (χ0v) is 19.2. The molecule has 1 amide bonds. The summed E-state index contributed by atoms with van der Waals surface area (Å²) in [6.45, 7) is 2.05. The number of nitrogens with zero attached hydrogens (tertiary/aromatic N) is 4. The van der Waals surface area contributed by atoms with Gasteiger partial charge >= 0.3 is 0 Å². The molecule has 0 spiro atoms. The summed E-state index contributed by atoms with van der Waals surface area (Å²) < 4.78 is 1.80. The number of pyridine rings is 1. The summed E-state index contributed by atoms with van der Waals surface area (Å²) in [6, 6.07) is 21.8. The number of rotatable bonds is 6. The Balaban J connectivity index is 1.37. The number of carbonyl (C=O) groups is 1. The lowest BCUT2D eigenvalue weighted by Gasteiger charge is -2.00. The summed E-state index contributed by atoms with van der Waals surface area (Å²) in [5.41, 5.74) is 6.42. The smallest absolute Gasteiger partial charge is 0.250 e. The maximum Gasteiger partial charge on any atom is 0.250 e. The average Bonchev–Trinajstić information content (AvgIpc) is 3.52. The van der Waals surface area contributed by atoms with Gasteiger partial charge < -0.3 is 0 Å². The number of benzene rings is 2. The molecule has 5 aromatic rings. The molecule has 2 aromatic carbocycles. The maximum absolute atomic E-state index is 12.6. The number of para-hydroxylation sites is 1. The van der Waals surface area contributed by atoms with E-state index in [1.54, 1.807) is 23.2 Å². The van der Waals surface area contributed by atoms with Gasteiger partial charge in [0, 0.05) is 46.7 Å². The van der Waals surface area contributed by atoms with E-state index in [0.717, 1.165) is 33.8 Å². The highest BCUT2D eigenvalue weighted by Gasteiger charge is 2.12. The predicted octanol–water partition coefficient (Wildman–Crippen LogP) is 6.02. The maximum atomic E-state index is 12.6. The summed E-state index contributed by atoms with van der Waals surface area (Å²) in [5.74, 6) is -0.255. The highest BCUT2D eigenvalue weighted by Crippen LogP contribution is 2.26. The van der Waals surface area contributed by atoms with Gasteiger partial charge in [0.25, 0.3) is 0 Å². The third-order valence-electron chi connectivity index (χ3n) is 5.19. The zero-order valence-electron chi connectivity index (χ0n) is 18.4. The highest BCUT2D eigenvalue weighted by atomic mass is 32.1. The summed E-state index contributed by atoms with van der Waals surface area (Å²) in [6.07, 6.45) is 8.65. The van der Waals surface area contributed by atoms with Crippen molar-refractivity contribution >= 4 is 28.5 Å². The largest absolute Gasteiger partial charge is 0.298 e. The molecule has 0 bridgehead atoms. The number of nitrogens with one attached hydrogen (secondary N) is 1. The molecule has 3 aromatic heterocycles. The van der Waals surface area contributed by atoms with E-state index in [9.17, 15) is 4.79 Å². The topological polar surface area (TPSA) is 72.7 Å². The van der Waals surface area contributed by atoms with Gasteiger partial charge in [0.1, 0.15) is 5.69 Å². The third-order valence-corrected chi connectivity index (χ3v) is 5.95. The van der Waals surface area contributed by atoms with Crippen LogP contribution < -0.4 is 5.32 Å². The van der Waals surface area contributed by atoms with Crippen LogP contribution in [0.4, 0.5) is 5.13 Å². The number of aryl methyl sites for hydroxylation is 1. The molecule has 0 unspecified atom stereocenters. The minimum absolute atomic E-state index is 0.255. The first-order valence-corrected chi connectivity index (χ1v) is 11.6. The first-order valence-electron chi connectivity index (χ1n) is 10.7. The molecule has 6 nitrogen and oxygen atoms in total. The molecule has 1 N–H and O–H groups in total. The Bertz CT molecular complexity index is 1440. The molecule has 0 radical (unpaired) electrons. The SMILES string of the molecule is Cc1ccc(-c2csc(NC(=O)C=Cc3cn(-c4ccccc4)nc3-c3cccnc3)n2)cc1. The quantitative estimate of drug-likeness (QED) is 0.313. The van der Waals surface area contributed by atoms with Gasteiger partial charge in [-0.05, 0) is 37.3 Å². The minimum atomic E-state index is -0.255. The molecule has 7 heteroatoms. The van der Waals surface area contributed by atoms with Crippen molar-refractivity contribution in [2.75, 3.05) is 5.32 Å². The number of hydrogen-bond donors (Lipinski definition) is 1. The molecule has 5 rings (SSSR count). The first kappa shape index (κ1) is 21.5. The van der Waals surface area contributed by atoms with Crippen LogP contribution in [0.15, 0.2) is 96.8 Å². The standard InChI is InChI=1S/C27H21N5OS/c1-19-9-11-20(12-10-19)24-18-34-27(29-24)30-25(33)14-13-22-17-32(23-7-3-2-4-8-23)31-26(22)21-6-5-15-28-16-21/h2-18H,1H3,(H,29,30,33). The van der Waals surface area contributed by atoms with E-state index in [1.807, 2.05) is 85.2 Å².